The number of rotatable bonds is 6. The molecule has 2 N–H and O–H groups in total. The molecule has 0 aliphatic rings. The van der Waals surface area contributed by atoms with E-state index in [-0.39, 0.29) is 11.8 Å². The van der Waals surface area contributed by atoms with Crippen molar-refractivity contribution in [3.63, 3.8) is 0 Å². The van der Waals surface area contributed by atoms with E-state index in [0.717, 1.165) is 29.4 Å². The van der Waals surface area contributed by atoms with Crippen molar-refractivity contribution in [2.24, 2.45) is 0 Å². The summed E-state index contributed by atoms with van der Waals surface area (Å²) >= 11 is 9.79. The molecule has 0 aliphatic carbocycles. The first-order valence-electron chi connectivity index (χ1n) is 11.5. The Bertz CT molecular complexity index is 1720. The fraction of sp³-hybridized carbons (Fsp3) is 0. The molecule has 0 saturated heterocycles. The molecular formula is C28H16Br2N4O3S2. The molecule has 0 fully saturated rings. The molecule has 0 bridgehead atoms. The quantitative estimate of drug-likeness (QED) is 0.184. The zero-order valence-electron chi connectivity index (χ0n) is 19.8. The fourth-order valence-corrected chi connectivity index (χ4v) is 6.71. The largest absolute Gasteiger partial charge is 0.457 e. The van der Waals surface area contributed by atoms with Crippen LogP contribution in [0, 0.1) is 0 Å². The van der Waals surface area contributed by atoms with Gasteiger partial charge in [-0.25, -0.2) is 9.97 Å². The number of carbonyl (C=O) groups is 2. The zero-order chi connectivity index (χ0) is 26.9. The molecule has 0 atom stereocenters. The topological polar surface area (TPSA) is 93.2 Å². The second kappa shape index (κ2) is 10.9. The van der Waals surface area contributed by atoms with Gasteiger partial charge in [0.2, 0.25) is 0 Å². The third-order valence-electron chi connectivity index (χ3n) is 5.65. The summed E-state index contributed by atoms with van der Waals surface area (Å²) in [5.41, 5.74) is 2.59. The highest BCUT2D eigenvalue weighted by molar-refractivity contribution is 9.11. The van der Waals surface area contributed by atoms with Crippen molar-refractivity contribution < 1.29 is 14.3 Å². The Morgan fingerprint density at radius 3 is 1.41 bits per heavy atom. The number of amides is 2. The second-order valence-electron chi connectivity index (χ2n) is 8.27. The highest BCUT2D eigenvalue weighted by Crippen LogP contribution is 2.32. The Balaban J connectivity index is 1.08. The van der Waals surface area contributed by atoms with Crippen LogP contribution >= 0.6 is 54.5 Å². The number of nitrogens with zero attached hydrogens (tertiary/aromatic N) is 2. The fourth-order valence-electron chi connectivity index (χ4n) is 3.76. The molecule has 39 heavy (non-hydrogen) atoms. The smallest absolute Gasteiger partial charge is 0.257 e. The summed E-state index contributed by atoms with van der Waals surface area (Å²) < 4.78 is 9.63. The minimum atomic E-state index is -0.257. The van der Waals surface area contributed by atoms with E-state index in [0.29, 0.717) is 32.9 Å². The number of hydrogen-bond donors (Lipinski definition) is 2. The molecule has 11 heteroatoms. The first-order chi connectivity index (χ1) is 18.9. The second-order valence-corrected chi connectivity index (χ2v) is 12.0. The summed E-state index contributed by atoms with van der Waals surface area (Å²) in [5, 5.41) is 6.76. The van der Waals surface area contributed by atoms with E-state index in [1.54, 1.807) is 48.5 Å². The van der Waals surface area contributed by atoms with Crippen molar-refractivity contribution in [3.8, 4) is 11.5 Å². The molecule has 0 aliphatic heterocycles. The Morgan fingerprint density at radius 1 is 0.615 bits per heavy atom. The van der Waals surface area contributed by atoms with Crippen molar-refractivity contribution in [1.29, 1.82) is 0 Å². The third kappa shape index (κ3) is 5.57. The van der Waals surface area contributed by atoms with Gasteiger partial charge in [0.25, 0.3) is 11.8 Å². The molecule has 7 nitrogen and oxygen atoms in total. The maximum atomic E-state index is 12.7. The van der Waals surface area contributed by atoms with E-state index in [2.05, 4.69) is 52.5 Å². The number of anilines is 2. The van der Waals surface area contributed by atoms with Crippen LogP contribution in [0.2, 0.25) is 0 Å². The highest BCUT2D eigenvalue weighted by Gasteiger charge is 2.13. The molecule has 192 valence electrons. The molecule has 2 amide bonds. The number of benzene rings is 4. The molecular weight excluding hydrogens is 664 g/mol. The van der Waals surface area contributed by atoms with Crippen molar-refractivity contribution >= 4 is 97.0 Å². The lowest BCUT2D eigenvalue weighted by atomic mass is 10.2. The van der Waals surface area contributed by atoms with Gasteiger partial charge in [-0.15, -0.1) is 0 Å². The molecule has 2 heterocycles. The number of carbonyl (C=O) groups excluding carboxylic acids is 2. The van der Waals surface area contributed by atoms with Gasteiger partial charge in [-0.1, -0.05) is 34.8 Å². The maximum Gasteiger partial charge on any atom is 0.257 e. The van der Waals surface area contributed by atoms with E-state index >= 15 is 0 Å². The molecule has 0 unspecified atom stereocenters. The van der Waals surface area contributed by atoms with Crippen molar-refractivity contribution in [2.75, 3.05) is 10.6 Å². The number of aromatic nitrogens is 2. The average Bonchev–Trinajstić information content (AvgIpc) is 3.54. The van der Waals surface area contributed by atoms with Crippen LogP contribution in [0.15, 0.2) is 93.9 Å². The first-order valence-corrected chi connectivity index (χ1v) is 14.8. The standard InChI is InChI=1S/C28H16Br2N4O3S2/c29-19-3-1-5-21-23(19)31-27(38-21)33-25(35)15-7-11-17(12-8-15)37-18-13-9-16(10-14-18)26(36)34-28-32-24-20(30)4-2-6-22(24)39-28/h1-14H,(H,31,33,35)(H,32,34,36). The van der Waals surface area contributed by atoms with Gasteiger partial charge in [0, 0.05) is 20.1 Å². The van der Waals surface area contributed by atoms with Crippen LogP contribution in [0.1, 0.15) is 20.7 Å². The van der Waals surface area contributed by atoms with Gasteiger partial charge in [0.15, 0.2) is 10.3 Å². The zero-order valence-corrected chi connectivity index (χ0v) is 24.6. The van der Waals surface area contributed by atoms with Gasteiger partial charge in [0.05, 0.1) is 20.4 Å². The van der Waals surface area contributed by atoms with Crippen LogP contribution in [0.5, 0.6) is 11.5 Å². The lowest BCUT2D eigenvalue weighted by molar-refractivity contribution is 0.101. The van der Waals surface area contributed by atoms with Crippen LogP contribution in [-0.2, 0) is 0 Å². The summed E-state index contributed by atoms with van der Waals surface area (Å²) in [4.78, 5) is 34.4. The van der Waals surface area contributed by atoms with E-state index in [1.807, 2.05) is 36.4 Å². The van der Waals surface area contributed by atoms with Gasteiger partial charge < -0.3 is 4.74 Å². The molecule has 0 radical (unpaired) electrons. The minimum Gasteiger partial charge on any atom is -0.457 e. The lowest BCUT2D eigenvalue weighted by Gasteiger charge is -2.08. The lowest BCUT2D eigenvalue weighted by Crippen LogP contribution is -2.11. The summed E-state index contributed by atoms with van der Waals surface area (Å²) in [7, 11) is 0. The molecule has 2 aromatic heterocycles. The Morgan fingerprint density at radius 2 is 1.03 bits per heavy atom. The Kier molecular flexibility index (Phi) is 7.13. The number of para-hydroxylation sites is 2. The van der Waals surface area contributed by atoms with Crippen molar-refractivity contribution in [2.45, 2.75) is 0 Å². The number of fused-ring (bicyclic) bond motifs is 2. The Labute approximate surface area is 247 Å². The summed E-state index contributed by atoms with van der Waals surface area (Å²) in [5.74, 6) is 0.612. The molecule has 6 aromatic rings. The van der Waals surface area contributed by atoms with E-state index < -0.39 is 0 Å². The van der Waals surface area contributed by atoms with Crippen LogP contribution in [0.25, 0.3) is 20.4 Å². The van der Waals surface area contributed by atoms with Crippen LogP contribution in [-0.4, -0.2) is 21.8 Å². The van der Waals surface area contributed by atoms with E-state index in [1.165, 1.54) is 22.7 Å². The molecule has 6 rings (SSSR count). The van der Waals surface area contributed by atoms with Gasteiger partial charge >= 0.3 is 0 Å². The van der Waals surface area contributed by atoms with Gasteiger partial charge in [-0.2, -0.15) is 0 Å². The molecule has 0 spiro atoms. The SMILES string of the molecule is O=C(Nc1nc2c(Br)cccc2s1)c1ccc(Oc2ccc(C(=O)Nc3nc4c(Br)cccc4s3)cc2)cc1. The normalized spacial score (nSPS) is 11.0. The Hall–Kier alpha value is -3.64. The van der Waals surface area contributed by atoms with Gasteiger partial charge in [0.1, 0.15) is 11.5 Å². The number of nitrogens with one attached hydrogen (secondary N) is 2. The number of halogens is 2. The third-order valence-corrected chi connectivity index (χ3v) is 8.80. The average molecular weight is 680 g/mol. The number of ether oxygens (including phenoxy) is 1. The first kappa shape index (κ1) is 25.6. The van der Waals surface area contributed by atoms with Crippen LogP contribution < -0.4 is 15.4 Å². The van der Waals surface area contributed by atoms with Crippen molar-refractivity contribution in [1.82, 2.24) is 9.97 Å². The number of thiazole rings is 2. The van der Waals surface area contributed by atoms with Gasteiger partial charge in [-0.3, -0.25) is 20.2 Å². The maximum absolute atomic E-state index is 12.7. The predicted octanol–water partition coefficient (Wildman–Crippen LogP) is 8.73. The summed E-state index contributed by atoms with van der Waals surface area (Å²) in [6, 6.07) is 25.2. The van der Waals surface area contributed by atoms with E-state index in [9.17, 15) is 9.59 Å². The number of hydrogen-bond acceptors (Lipinski definition) is 7. The predicted molar refractivity (Wildman–Crippen MR) is 164 cm³/mol. The van der Waals surface area contributed by atoms with Crippen LogP contribution in [0.4, 0.5) is 10.3 Å². The minimum absolute atomic E-state index is 0.257. The highest BCUT2D eigenvalue weighted by atomic mass is 79.9. The van der Waals surface area contributed by atoms with Gasteiger partial charge in [-0.05, 0) is 105 Å². The summed E-state index contributed by atoms with van der Waals surface area (Å²) in [6.45, 7) is 0. The van der Waals surface area contributed by atoms with Crippen molar-refractivity contribution in [3.05, 3.63) is 105 Å². The molecule has 0 saturated carbocycles. The van der Waals surface area contributed by atoms with E-state index in [4.69, 9.17) is 4.74 Å². The summed E-state index contributed by atoms with van der Waals surface area (Å²) in [6.07, 6.45) is 0. The monoisotopic (exact) mass is 678 g/mol. The van der Waals surface area contributed by atoms with Crippen LogP contribution in [0.3, 0.4) is 0 Å². The molecule has 4 aromatic carbocycles.